The van der Waals surface area contributed by atoms with Crippen LogP contribution in [0, 0.1) is 0 Å². The average molecular weight is 455 g/mol. The highest BCUT2D eigenvalue weighted by Crippen LogP contribution is 2.50. The molecule has 0 fully saturated rings. The van der Waals surface area contributed by atoms with Crippen LogP contribution in [-0.2, 0) is 10.8 Å². The molecule has 3 N–H and O–H groups in total. The van der Waals surface area contributed by atoms with E-state index in [0.717, 1.165) is 5.57 Å². The summed E-state index contributed by atoms with van der Waals surface area (Å²) in [7, 11) is 1.53. The molecule has 1 unspecified atom stereocenters. The van der Waals surface area contributed by atoms with Crippen molar-refractivity contribution in [2.75, 3.05) is 20.0 Å². The molecule has 0 aliphatic heterocycles. The van der Waals surface area contributed by atoms with Gasteiger partial charge < -0.3 is 24.8 Å². The fraction of sp³-hybridized carbons (Fsp3) is 0.200. The van der Waals surface area contributed by atoms with Gasteiger partial charge >= 0.3 is 0 Å². The van der Waals surface area contributed by atoms with Gasteiger partial charge in [-0.15, -0.1) is 0 Å². The number of ether oxygens (including phenoxy) is 2. The molecular formula is C25H26O6S. The highest BCUT2D eigenvalue weighted by atomic mass is 32.2. The second-order valence-corrected chi connectivity index (χ2v) is 8.87. The first-order chi connectivity index (χ1) is 15.3. The van der Waals surface area contributed by atoms with Crippen LogP contribution in [0.5, 0.6) is 28.7 Å². The maximum atomic E-state index is 12.5. The third-order valence-corrected chi connectivity index (χ3v) is 6.26. The molecule has 3 aromatic rings. The van der Waals surface area contributed by atoms with Crippen molar-refractivity contribution in [2.45, 2.75) is 18.7 Å². The third kappa shape index (κ3) is 4.73. The molecule has 6 nitrogen and oxygen atoms in total. The highest BCUT2D eigenvalue weighted by Gasteiger charge is 2.22. The van der Waals surface area contributed by atoms with Crippen molar-refractivity contribution in [3.05, 3.63) is 60.2 Å². The Morgan fingerprint density at radius 1 is 0.938 bits per heavy atom. The quantitative estimate of drug-likeness (QED) is 0.423. The average Bonchev–Trinajstić information content (AvgIpc) is 2.77. The third-order valence-electron chi connectivity index (χ3n) is 4.96. The summed E-state index contributed by atoms with van der Waals surface area (Å²) in [4.78, 5) is 0.317. The fourth-order valence-corrected chi connectivity index (χ4v) is 4.50. The van der Waals surface area contributed by atoms with Crippen molar-refractivity contribution in [3.8, 4) is 51.0 Å². The summed E-state index contributed by atoms with van der Waals surface area (Å²) in [6.07, 6.45) is 1.85. The van der Waals surface area contributed by atoms with Crippen LogP contribution in [-0.4, -0.2) is 39.5 Å². The smallest absolute Gasteiger partial charge is 0.170 e. The summed E-state index contributed by atoms with van der Waals surface area (Å²) in [5.41, 5.74) is 3.16. The van der Waals surface area contributed by atoms with Gasteiger partial charge in [-0.2, -0.15) is 0 Å². The number of phenols is 3. The lowest BCUT2D eigenvalue weighted by Crippen LogP contribution is -1.98. The van der Waals surface area contributed by atoms with Crippen molar-refractivity contribution in [3.63, 3.8) is 0 Å². The molecule has 0 saturated carbocycles. The SMILES string of the molecule is COc1cc(-c2ccc(O)cc2)c(OC)c(O)c1-c1ccc(S(=O)CC=C(C)C)c(O)c1. The maximum Gasteiger partial charge on any atom is 0.170 e. The lowest BCUT2D eigenvalue weighted by Gasteiger charge is -2.18. The van der Waals surface area contributed by atoms with E-state index in [-0.39, 0.29) is 23.0 Å². The van der Waals surface area contributed by atoms with Crippen molar-refractivity contribution >= 4 is 10.8 Å². The van der Waals surface area contributed by atoms with Crippen LogP contribution in [0.4, 0.5) is 0 Å². The number of hydrogen-bond donors (Lipinski definition) is 3. The van der Waals surface area contributed by atoms with Gasteiger partial charge in [0.05, 0.1) is 35.5 Å². The molecule has 0 radical (unpaired) electrons. The molecule has 0 heterocycles. The molecule has 3 aromatic carbocycles. The molecule has 0 saturated heterocycles. The van der Waals surface area contributed by atoms with Crippen LogP contribution in [0.25, 0.3) is 22.3 Å². The molecule has 168 valence electrons. The monoisotopic (exact) mass is 454 g/mol. The first kappa shape index (κ1) is 23.2. The summed E-state index contributed by atoms with van der Waals surface area (Å²) in [5, 5.41) is 31.2. The van der Waals surface area contributed by atoms with Crippen molar-refractivity contribution in [1.82, 2.24) is 0 Å². The number of benzene rings is 3. The van der Waals surface area contributed by atoms with Crippen molar-refractivity contribution in [2.24, 2.45) is 0 Å². The van der Waals surface area contributed by atoms with E-state index in [9.17, 15) is 19.5 Å². The molecule has 32 heavy (non-hydrogen) atoms. The van der Waals surface area contributed by atoms with Crippen LogP contribution in [0.15, 0.2) is 65.1 Å². The highest BCUT2D eigenvalue weighted by molar-refractivity contribution is 7.85. The molecule has 0 bridgehead atoms. The predicted molar refractivity (Wildman–Crippen MR) is 126 cm³/mol. The Kier molecular flexibility index (Phi) is 7.10. The summed E-state index contributed by atoms with van der Waals surface area (Å²) in [6.45, 7) is 3.84. The van der Waals surface area contributed by atoms with Crippen molar-refractivity contribution in [1.29, 1.82) is 0 Å². The maximum absolute atomic E-state index is 12.5. The fourth-order valence-electron chi connectivity index (χ4n) is 3.33. The Morgan fingerprint density at radius 2 is 1.59 bits per heavy atom. The zero-order chi connectivity index (χ0) is 23.4. The van der Waals surface area contributed by atoms with Gasteiger partial charge in [-0.05, 0) is 55.3 Å². The zero-order valence-electron chi connectivity index (χ0n) is 18.4. The van der Waals surface area contributed by atoms with Gasteiger partial charge in [0.15, 0.2) is 11.5 Å². The number of hydrogen-bond acceptors (Lipinski definition) is 6. The molecule has 0 aliphatic rings. The van der Waals surface area contributed by atoms with Gasteiger partial charge in [0.1, 0.15) is 17.2 Å². The molecule has 1 atom stereocenters. The first-order valence-corrected chi connectivity index (χ1v) is 11.2. The van der Waals surface area contributed by atoms with Gasteiger partial charge in [-0.3, -0.25) is 4.21 Å². The second kappa shape index (κ2) is 9.78. The van der Waals surface area contributed by atoms with Crippen molar-refractivity contribution < 1.29 is 29.0 Å². The van der Waals surface area contributed by atoms with Crippen LogP contribution in [0.1, 0.15) is 13.8 Å². The molecule has 3 rings (SSSR count). The number of methoxy groups -OCH3 is 2. The van der Waals surface area contributed by atoms with Gasteiger partial charge in [-0.1, -0.05) is 29.8 Å². The minimum absolute atomic E-state index is 0.123. The Morgan fingerprint density at radius 3 is 2.16 bits per heavy atom. The summed E-state index contributed by atoms with van der Waals surface area (Å²) >= 11 is 0. The predicted octanol–water partition coefficient (Wildman–Crippen LogP) is 5.23. The van der Waals surface area contributed by atoms with Crippen LogP contribution in [0.3, 0.4) is 0 Å². The molecule has 7 heteroatoms. The Bertz CT molecular complexity index is 1180. The number of rotatable bonds is 7. The number of phenolic OH excluding ortho intramolecular Hbond substituents is 3. The summed E-state index contributed by atoms with van der Waals surface area (Å²) < 4.78 is 23.5. The van der Waals surface area contributed by atoms with Gasteiger partial charge in [0, 0.05) is 11.3 Å². The van der Waals surface area contributed by atoms with E-state index in [2.05, 4.69) is 0 Å². The minimum Gasteiger partial charge on any atom is -0.508 e. The topological polar surface area (TPSA) is 96.2 Å². The van der Waals surface area contributed by atoms with E-state index >= 15 is 0 Å². The lowest BCUT2D eigenvalue weighted by molar-refractivity contribution is 0.369. The van der Waals surface area contributed by atoms with Gasteiger partial charge in [0.25, 0.3) is 0 Å². The standard InChI is InChI=1S/C25H26O6S/c1-15(2)11-12-32(29)22-10-7-17(13-20(22)27)23-21(30-3)14-19(25(31-4)24(23)28)16-5-8-18(26)9-6-16/h5-11,13-14,26-28H,12H2,1-4H3. The van der Waals surface area contributed by atoms with Gasteiger partial charge in [-0.25, -0.2) is 0 Å². The van der Waals surface area contributed by atoms with Crippen LogP contribution >= 0.6 is 0 Å². The number of allylic oxidation sites excluding steroid dienone is 1. The zero-order valence-corrected chi connectivity index (χ0v) is 19.2. The Balaban J connectivity index is 2.12. The molecule has 0 aliphatic carbocycles. The van der Waals surface area contributed by atoms with E-state index in [4.69, 9.17) is 9.47 Å². The molecule has 0 spiro atoms. The van der Waals surface area contributed by atoms with Crippen LogP contribution in [0.2, 0.25) is 0 Å². The van der Waals surface area contributed by atoms with Crippen LogP contribution < -0.4 is 9.47 Å². The number of aromatic hydroxyl groups is 3. The van der Waals surface area contributed by atoms with E-state index in [1.807, 2.05) is 19.9 Å². The molecular weight excluding hydrogens is 428 g/mol. The van der Waals surface area contributed by atoms with E-state index in [1.54, 1.807) is 30.3 Å². The first-order valence-electron chi connectivity index (χ1n) is 9.89. The Hall–Kier alpha value is -3.45. The Labute approximate surface area is 189 Å². The van der Waals surface area contributed by atoms with E-state index in [0.29, 0.717) is 38.7 Å². The summed E-state index contributed by atoms with van der Waals surface area (Å²) in [6, 6.07) is 12.9. The van der Waals surface area contributed by atoms with E-state index in [1.165, 1.54) is 32.4 Å². The lowest BCUT2D eigenvalue weighted by atomic mass is 9.96. The summed E-state index contributed by atoms with van der Waals surface area (Å²) in [5.74, 6) is 0.724. The largest absolute Gasteiger partial charge is 0.508 e. The second-order valence-electron chi connectivity index (χ2n) is 7.41. The molecule has 0 aromatic heterocycles. The molecule has 0 amide bonds. The van der Waals surface area contributed by atoms with E-state index < -0.39 is 10.8 Å². The van der Waals surface area contributed by atoms with Gasteiger partial charge in [0.2, 0.25) is 0 Å². The minimum atomic E-state index is -1.39. The normalized spacial score (nSPS) is 11.6.